The lowest BCUT2D eigenvalue weighted by atomic mass is 9.61. The molecular formula is C23H27N5O3. The van der Waals surface area contributed by atoms with E-state index in [1.807, 2.05) is 42.2 Å². The van der Waals surface area contributed by atoms with Crippen LogP contribution in [0, 0.1) is 24.7 Å². The van der Waals surface area contributed by atoms with E-state index in [0.29, 0.717) is 24.8 Å². The highest BCUT2D eigenvalue weighted by Gasteiger charge is 2.48. The van der Waals surface area contributed by atoms with Crippen LogP contribution in [0.15, 0.2) is 40.8 Å². The Morgan fingerprint density at radius 2 is 2.13 bits per heavy atom. The minimum atomic E-state index is -0.0537. The summed E-state index contributed by atoms with van der Waals surface area (Å²) in [7, 11) is 0. The van der Waals surface area contributed by atoms with Crippen molar-refractivity contribution in [2.45, 2.75) is 32.9 Å². The summed E-state index contributed by atoms with van der Waals surface area (Å²) in [6.45, 7) is 3.72. The Morgan fingerprint density at radius 3 is 2.90 bits per heavy atom. The topological polar surface area (TPSA) is 106 Å². The van der Waals surface area contributed by atoms with Crippen LogP contribution in [0.25, 0.3) is 11.0 Å². The second-order valence-electron chi connectivity index (χ2n) is 8.73. The zero-order valence-corrected chi connectivity index (χ0v) is 17.6. The quantitative estimate of drug-likeness (QED) is 0.658. The Bertz CT molecular complexity index is 1100. The lowest BCUT2D eigenvalue weighted by Gasteiger charge is -2.50. The van der Waals surface area contributed by atoms with Gasteiger partial charge in [-0.3, -0.25) is 9.59 Å². The number of para-hydroxylation sites is 1. The van der Waals surface area contributed by atoms with Gasteiger partial charge >= 0.3 is 0 Å². The monoisotopic (exact) mass is 421 g/mol. The first-order valence-electron chi connectivity index (χ1n) is 10.8. The van der Waals surface area contributed by atoms with Crippen LogP contribution in [0.2, 0.25) is 0 Å². The Labute approximate surface area is 180 Å². The first-order valence-corrected chi connectivity index (χ1v) is 10.8. The predicted octanol–water partition coefficient (Wildman–Crippen LogP) is 2.32. The summed E-state index contributed by atoms with van der Waals surface area (Å²) in [5.41, 5.74) is 7.54. The molecule has 162 valence electrons. The number of amides is 2. The van der Waals surface area contributed by atoms with Gasteiger partial charge < -0.3 is 20.4 Å². The van der Waals surface area contributed by atoms with E-state index in [1.54, 1.807) is 10.7 Å². The highest BCUT2D eigenvalue weighted by Crippen LogP contribution is 2.45. The number of hydrogen-bond donors (Lipinski definition) is 2. The van der Waals surface area contributed by atoms with Gasteiger partial charge in [-0.1, -0.05) is 18.2 Å². The van der Waals surface area contributed by atoms with Crippen molar-refractivity contribution in [1.29, 1.82) is 0 Å². The minimum Gasteiger partial charge on any atom is -0.459 e. The molecule has 3 atom stereocenters. The van der Waals surface area contributed by atoms with Crippen LogP contribution in [0.1, 0.15) is 24.3 Å². The number of nitrogen functional groups attached to an aromatic ring is 1. The van der Waals surface area contributed by atoms with E-state index in [4.69, 9.17) is 10.2 Å². The van der Waals surface area contributed by atoms with Gasteiger partial charge in [0.2, 0.25) is 11.8 Å². The molecule has 1 saturated heterocycles. The molecule has 2 fully saturated rings. The molecule has 3 N–H and O–H groups in total. The summed E-state index contributed by atoms with van der Waals surface area (Å²) in [4.78, 5) is 27.4. The summed E-state index contributed by atoms with van der Waals surface area (Å²) in [5.74, 6) is 1.96. The molecular weight excluding hydrogens is 394 g/mol. The SMILES string of the molecule is Cc1cc(N)n(CC(=O)N2CC[C@@H]3C[C@@H](C(=O)NCc4cc5ccccc5o4)[C@@H]3C2)n1. The zero-order chi connectivity index (χ0) is 21.5. The third kappa shape index (κ3) is 3.78. The molecule has 2 aromatic heterocycles. The summed E-state index contributed by atoms with van der Waals surface area (Å²) in [6, 6.07) is 11.5. The number of nitrogens with zero attached hydrogens (tertiary/aromatic N) is 3. The number of nitrogens with one attached hydrogen (secondary N) is 1. The molecule has 3 heterocycles. The molecule has 31 heavy (non-hydrogen) atoms. The maximum absolute atomic E-state index is 12.8. The third-order valence-corrected chi connectivity index (χ3v) is 6.70. The molecule has 5 rings (SSSR count). The second-order valence-corrected chi connectivity index (χ2v) is 8.73. The molecule has 1 aliphatic carbocycles. The van der Waals surface area contributed by atoms with E-state index in [-0.39, 0.29) is 30.2 Å². The predicted molar refractivity (Wildman–Crippen MR) is 116 cm³/mol. The lowest BCUT2D eigenvalue weighted by Crippen LogP contribution is -2.56. The number of rotatable bonds is 5. The van der Waals surface area contributed by atoms with Crippen molar-refractivity contribution in [2.75, 3.05) is 18.8 Å². The standard InChI is InChI=1S/C23H27N5O3/c1-14-8-21(24)28(26-14)13-22(29)27-7-6-15-10-18(19(15)12-27)23(30)25-11-17-9-16-4-2-3-5-20(16)31-17/h2-5,8-9,15,18-19H,6-7,10-13,24H2,1H3,(H,25,30)/t15-,18-,19-/m1/s1. The number of hydrogen-bond acceptors (Lipinski definition) is 5. The van der Waals surface area contributed by atoms with E-state index in [0.717, 1.165) is 41.8 Å². The summed E-state index contributed by atoms with van der Waals surface area (Å²) < 4.78 is 7.33. The molecule has 8 nitrogen and oxygen atoms in total. The number of carbonyl (C=O) groups excluding carboxylic acids is 2. The van der Waals surface area contributed by atoms with Crippen LogP contribution >= 0.6 is 0 Å². The number of furan rings is 1. The Morgan fingerprint density at radius 1 is 1.29 bits per heavy atom. The van der Waals surface area contributed by atoms with E-state index in [9.17, 15) is 9.59 Å². The number of benzene rings is 1. The smallest absolute Gasteiger partial charge is 0.244 e. The second kappa shape index (κ2) is 7.76. The number of anilines is 1. The molecule has 8 heteroatoms. The normalized spacial score (nSPS) is 22.7. The molecule has 1 saturated carbocycles. The van der Waals surface area contributed by atoms with E-state index in [2.05, 4.69) is 10.4 Å². The van der Waals surface area contributed by atoms with E-state index < -0.39 is 0 Å². The number of likely N-dealkylation sites (tertiary alicyclic amines) is 1. The first-order chi connectivity index (χ1) is 15.0. The Hall–Kier alpha value is -3.29. The molecule has 0 unspecified atom stereocenters. The van der Waals surface area contributed by atoms with Crippen molar-refractivity contribution in [3.63, 3.8) is 0 Å². The summed E-state index contributed by atoms with van der Waals surface area (Å²) >= 11 is 0. The number of piperidine rings is 1. The Kier molecular flexibility index (Phi) is 4.92. The van der Waals surface area contributed by atoms with Crippen molar-refractivity contribution in [3.05, 3.63) is 47.9 Å². The van der Waals surface area contributed by atoms with Crippen molar-refractivity contribution in [1.82, 2.24) is 20.0 Å². The van der Waals surface area contributed by atoms with Crippen LogP contribution in [-0.4, -0.2) is 39.6 Å². The van der Waals surface area contributed by atoms with Gasteiger partial charge in [-0.25, -0.2) is 4.68 Å². The molecule has 1 aliphatic heterocycles. The van der Waals surface area contributed by atoms with Gasteiger partial charge in [-0.05, 0) is 43.7 Å². The van der Waals surface area contributed by atoms with Gasteiger partial charge in [0.15, 0.2) is 0 Å². The average Bonchev–Trinajstić information content (AvgIpc) is 3.29. The van der Waals surface area contributed by atoms with Crippen LogP contribution in [-0.2, 0) is 22.7 Å². The molecule has 0 spiro atoms. The molecule has 3 aromatic rings. The fourth-order valence-electron chi connectivity index (χ4n) is 4.96. The summed E-state index contributed by atoms with van der Waals surface area (Å²) in [6.07, 6.45) is 1.83. The van der Waals surface area contributed by atoms with Gasteiger partial charge in [-0.15, -0.1) is 0 Å². The Balaban J connectivity index is 1.17. The average molecular weight is 422 g/mol. The minimum absolute atomic E-state index is 0.00147. The lowest BCUT2D eigenvalue weighted by molar-refractivity contribution is -0.145. The van der Waals surface area contributed by atoms with Gasteiger partial charge in [0.25, 0.3) is 0 Å². The highest BCUT2D eigenvalue weighted by molar-refractivity contribution is 5.81. The van der Waals surface area contributed by atoms with Crippen molar-refractivity contribution < 1.29 is 14.0 Å². The molecule has 2 aliphatic rings. The fraction of sp³-hybridized carbons (Fsp3) is 0.435. The van der Waals surface area contributed by atoms with Gasteiger partial charge in [0.1, 0.15) is 23.7 Å². The number of aryl methyl sites for hydroxylation is 1. The van der Waals surface area contributed by atoms with Crippen LogP contribution in [0.5, 0.6) is 0 Å². The van der Waals surface area contributed by atoms with E-state index >= 15 is 0 Å². The first kappa shape index (κ1) is 19.7. The number of nitrogens with two attached hydrogens (primary N) is 1. The number of aromatic nitrogens is 2. The number of carbonyl (C=O) groups is 2. The number of fused-ring (bicyclic) bond motifs is 2. The van der Waals surface area contributed by atoms with Crippen LogP contribution < -0.4 is 11.1 Å². The maximum Gasteiger partial charge on any atom is 0.244 e. The van der Waals surface area contributed by atoms with Crippen LogP contribution in [0.3, 0.4) is 0 Å². The zero-order valence-electron chi connectivity index (χ0n) is 17.6. The van der Waals surface area contributed by atoms with E-state index in [1.165, 1.54) is 0 Å². The maximum atomic E-state index is 12.8. The third-order valence-electron chi connectivity index (χ3n) is 6.70. The molecule has 2 amide bonds. The van der Waals surface area contributed by atoms with Crippen molar-refractivity contribution >= 4 is 28.6 Å². The van der Waals surface area contributed by atoms with Gasteiger partial charge in [-0.2, -0.15) is 5.10 Å². The van der Waals surface area contributed by atoms with Gasteiger partial charge in [0.05, 0.1) is 12.2 Å². The molecule has 0 radical (unpaired) electrons. The van der Waals surface area contributed by atoms with Crippen LogP contribution in [0.4, 0.5) is 5.82 Å². The summed E-state index contributed by atoms with van der Waals surface area (Å²) in [5, 5.41) is 8.33. The van der Waals surface area contributed by atoms with Gasteiger partial charge in [0, 0.05) is 30.5 Å². The molecule has 1 aromatic carbocycles. The fourth-order valence-corrected chi connectivity index (χ4v) is 4.96. The largest absolute Gasteiger partial charge is 0.459 e. The molecule has 0 bridgehead atoms. The van der Waals surface area contributed by atoms with Crippen molar-refractivity contribution in [3.8, 4) is 0 Å². The van der Waals surface area contributed by atoms with Crippen molar-refractivity contribution in [2.24, 2.45) is 17.8 Å². The highest BCUT2D eigenvalue weighted by atomic mass is 16.3.